The number of benzene rings is 1. The van der Waals surface area contributed by atoms with Crippen molar-refractivity contribution in [3.05, 3.63) is 28.2 Å². The van der Waals surface area contributed by atoms with Crippen LogP contribution in [0.25, 0.3) is 0 Å². The van der Waals surface area contributed by atoms with Gasteiger partial charge in [0, 0.05) is 10.9 Å². The van der Waals surface area contributed by atoms with Crippen molar-refractivity contribution in [1.29, 1.82) is 0 Å². The largest absolute Gasteiger partial charge is 0.493 e. The highest BCUT2D eigenvalue weighted by atomic mass is 79.9. The summed E-state index contributed by atoms with van der Waals surface area (Å²) >= 11 is 3.29. The quantitative estimate of drug-likeness (QED) is 0.726. The van der Waals surface area contributed by atoms with Crippen LogP contribution in [-0.2, 0) is 4.79 Å². The summed E-state index contributed by atoms with van der Waals surface area (Å²) in [7, 11) is 0. The zero-order valence-corrected chi connectivity index (χ0v) is 11.3. The second-order valence-electron chi connectivity index (χ2n) is 3.79. The Hall–Kier alpha value is -1.16. The molecule has 0 fully saturated rings. The molecule has 0 aliphatic rings. The lowest BCUT2D eigenvalue weighted by Gasteiger charge is -2.14. The van der Waals surface area contributed by atoms with E-state index in [0.717, 1.165) is 23.5 Å². The lowest BCUT2D eigenvalue weighted by atomic mass is 10.1. The van der Waals surface area contributed by atoms with Crippen LogP contribution in [0.5, 0.6) is 5.75 Å². The van der Waals surface area contributed by atoms with Gasteiger partial charge in [0.2, 0.25) is 0 Å². The molecule has 0 amide bonds. The Kier molecular flexibility index (Phi) is 5.91. The summed E-state index contributed by atoms with van der Waals surface area (Å²) in [6.07, 6.45) is 3.04. The standard InChI is InChI=1S/C13H15BrO3/c1-2-10(5-6-15)9-17-13-4-3-12(14)7-11(13)8-16/h3-4,6-8,10H,2,5,9H2,1H3. The maximum atomic E-state index is 10.9. The molecule has 0 saturated heterocycles. The molecule has 1 aromatic carbocycles. The predicted molar refractivity (Wildman–Crippen MR) is 69.5 cm³/mol. The zero-order chi connectivity index (χ0) is 12.7. The van der Waals surface area contributed by atoms with Crippen LogP contribution in [0.15, 0.2) is 22.7 Å². The van der Waals surface area contributed by atoms with Crippen molar-refractivity contribution >= 4 is 28.5 Å². The highest BCUT2D eigenvalue weighted by Crippen LogP contribution is 2.22. The van der Waals surface area contributed by atoms with E-state index in [2.05, 4.69) is 15.9 Å². The average molecular weight is 299 g/mol. The van der Waals surface area contributed by atoms with E-state index in [1.165, 1.54) is 0 Å². The van der Waals surface area contributed by atoms with Crippen molar-refractivity contribution in [2.24, 2.45) is 5.92 Å². The maximum Gasteiger partial charge on any atom is 0.153 e. The molecule has 0 saturated carbocycles. The van der Waals surface area contributed by atoms with E-state index in [0.29, 0.717) is 24.3 Å². The van der Waals surface area contributed by atoms with Gasteiger partial charge in [0.15, 0.2) is 6.29 Å². The van der Waals surface area contributed by atoms with Crippen LogP contribution in [-0.4, -0.2) is 19.2 Å². The highest BCUT2D eigenvalue weighted by Gasteiger charge is 2.09. The van der Waals surface area contributed by atoms with Crippen molar-refractivity contribution in [1.82, 2.24) is 0 Å². The number of aldehydes is 2. The molecule has 0 bridgehead atoms. The molecule has 1 atom stereocenters. The van der Waals surface area contributed by atoms with Crippen molar-refractivity contribution in [3.63, 3.8) is 0 Å². The van der Waals surface area contributed by atoms with Crippen LogP contribution in [0, 0.1) is 5.92 Å². The van der Waals surface area contributed by atoms with Crippen LogP contribution in [0.4, 0.5) is 0 Å². The van der Waals surface area contributed by atoms with E-state index in [-0.39, 0.29) is 5.92 Å². The summed E-state index contributed by atoms with van der Waals surface area (Å²) in [6.45, 7) is 2.47. The van der Waals surface area contributed by atoms with Crippen molar-refractivity contribution in [2.45, 2.75) is 19.8 Å². The third-order valence-corrected chi connectivity index (χ3v) is 3.07. The first-order valence-corrected chi connectivity index (χ1v) is 6.31. The van der Waals surface area contributed by atoms with Gasteiger partial charge in [-0.15, -0.1) is 0 Å². The fraction of sp³-hybridized carbons (Fsp3) is 0.385. The molecule has 1 aromatic rings. The Bertz CT molecular complexity index is 390. The van der Waals surface area contributed by atoms with Crippen LogP contribution >= 0.6 is 15.9 Å². The number of carbonyl (C=O) groups excluding carboxylic acids is 2. The van der Waals surface area contributed by atoms with Crippen molar-refractivity contribution in [3.8, 4) is 5.75 Å². The molecule has 4 heteroatoms. The van der Waals surface area contributed by atoms with Gasteiger partial charge in [-0.1, -0.05) is 22.9 Å². The molecular formula is C13H15BrO3. The smallest absolute Gasteiger partial charge is 0.153 e. The summed E-state index contributed by atoms with van der Waals surface area (Å²) in [5, 5.41) is 0. The number of carbonyl (C=O) groups is 2. The monoisotopic (exact) mass is 298 g/mol. The molecule has 0 aliphatic heterocycles. The highest BCUT2D eigenvalue weighted by molar-refractivity contribution is 9.10. The third kappa shape index (κ3) is 4.30. The second-order valence-corrected chi connectivity index (χ2v) is 4.70. The molecule has 1 unspecified atom stereocenters. The van der Waals surface area contributed by atoms with Crippen LogP contribution in [0.2, 0.25) is 0 Å². The first-order chi connectivity index (χ1) is 8.21. The molecule has 17 heavy (non-hydrogen) atoms. The van der Waals surface area contributed by atoms with Crippen LogP contribution in [0.1, 0.15) is 30.1 Å². The average Bonchev–Trinajstić information content (AvgIpc) is 2.35. The molecule has 1 rings (SSSR count). The Morgan fingerprint density at radius 3 is 2.76 bits per heavy atom. The number of ether oxygens (including phenoxy) is 1. The number of hydrogen-bond donors (Lipinski definition) is 0. The van der Waals surface area contributed by atoms with Gasteiger partial charge in [0.05, 0.1) is 12.2 Å². The van der Waals surface area contributed by atoms with Gasteiger partial charge in [-0.05, 0) is 30.5 Å². The second kappa shape index (κ2) is 7.22. The van der Waals surface area contributed by atoms with Crippen molar-refractivity contribution in [2.75, 3.05) is 6.61 Å². The Labute approximate surface area is 109 Å². The van der Waals surface area contributed by atoms with Gasteiger partial charge in [0.25, 0.3) is 0 Å². The van der Waals surface area contributed by atoms with Gasteiger partial charge >= 0.3 is 0 Å². The SMILES string of the molecule is CCC(CC=O)COc1ccc(Br)cc1C=O. The topological polar surface area (TPSA) is 43.4 Å². The Morgan fingerprint density at radius 1 is 1.41 bits per heavy atom. The number of hydrogen-bond acceptors (Lipinski definition) is 3. The van der Waals surface area contributed by atoms with Crippen molar-refractivity contribution < 1.29 is 14.3 Å². The molecule has 0 aromatic heterocycles. The lowest BCUT2D eigenvalue weighted by molar-refractivity contribution is -0.108. The lowest BCUT2D eigenvalue weighted by Crippen LogP contribution is -2.12. The summed E-state index contributed by atoms with van der Waals surface area (Å²) in [5.41, 5.74) is 0.514. The van der Waals surface area contributed by atoms with E-state index in [1.807, 2.05) is 13.0 Å². The predicted octanol–water partition coefficient (Wildman–Crippen LogP) is 3.26. The van der Waals surface area contributed by atoms with Gasteiger partial charge in [-0.2, -0.15) is 0 Å². The fourth-order valence-corrected chi connectivity index (χ4v) is 1.82. The van der Waals surface area contributed by atoms with Crippen LogP contribution in [0.3, 0.4) is 0 Å². The van der Waals surface area contributed by atoms with Crippen LogP contribution < -0.4 is 4.74 Å². The first kappa shape index (κ1) is 13.9. The third-order valence-electron chi connectivity index (χ3n) is 2.58. The minimum Gasteiger partial charge on any atom is -0.493 e. The Morgan fingerprint density at radius 2 is 2.18 bits per heavy atom. The molecule has 3 nitrogen and oxygen atoms in total. The summed E-state index contributed by atoms with van der Waals surface area (Å²) in [4.78, 5) is 21.3. The van der Waals surface area contributed by atoms with E-state index in [4.69, 9.17) is 4.74 Å². The molecule has 0 heterocycles. The van der Waals surface area contributed by atoms with Gasteiger partial charge in [-0.25, -0.2) is 0 Å². The number of rotatable bonds is 7. The molecule has 0 N–H and O–H groups in total. The molecule has 92 valence electrons. The van der Waals surface area contributed by atoms with Gasteiger partial charge in [-0.3, -0.25) is 4.79 Å². The fourth-order valence-electron chi connectivity index (χ4n) is 1.44. The molecule has 0 spiro atoms. The van der Waals surface area contributed by atoms with E-state index in [9.17, 15) is 9.59 Å². The summed E-state index contributed by atoms with van der Waals surface area (Å²) < 4.78 is 6.42. The summed E-state index contributed by atoms with van der Waals surface area (Å²) in [5.74, 6) is 0.767. The minimum absolute atomic E-state index is 0.204. The molecular weight excluding hydrogens is 284 g/mol. The van der Waals surface area contributed by atoms with E-state index >= 15 is 0 Å². The number of halogens is 1. The normalized spacial score (nSPS) is 11.9. The molecule has 0 aliphatic carbocycles. The molecule has 0 radical (unpaired) electrons. The zero-order valence-electron chi connectivity index (χ0n) is 9.69. The van der Waals surface area contributed by atoms with E-state index < -0.39 is 0 Å². The Balaban J connectivity index is 2.67. The maximum absolute atomic E-state index is 10.9. The van der Waals surface area contributed by atoms with Gasteiger partial charge < -0.3 is 9.53 Å². The minimum atomic E-state index is 0.204. The van der Waals surface area contributed by atoms with E-state index in [1.54, 1.807) is 12.1 Å². The first-order valence-electron chi connectivity index (χ1n) is 5.52. The summed E-state index contributed by atoms with van der Waals surface area (Å²) in [6, 6.07) is 5.29. The van der Waals surface area contributed by atoms with Gasteiger partial charge in [0.1, 0.15) is 12.0 Å².